The average molecular weight is 275 g/mol. The van der Waals surface area contributed by atoms with Gasteiger partial charge in [-0.15, -0.1) is 0 Å². The molecule has 1 amide bonds. The number of nitrogens with one attached hydrogen (secondary N) is 1. The predicted octanol–water partition coefficient (Wildman–Crippen LogP) is 2.93. The van der Waals surface area contributed by atoms with E-state index in [9.17, 15) is 4.79 Å². The largest absolute Gasteiger partial charge is 0.396 e. The van der Waals surface area contributed by atoms with Crippen LogP contribution in [0.2, 0.25) is 0 Å². The van der Waals surface area contributed by atoms with Gasteiger partial charge < -0.3 is 10.4 Å². The number of amides is 1. The molecular weight excluding hydrogens is 250 g/mol. The second kappa shape index (κ2) is 7.85. The van der Waals surface area contributed by atoms with Gasteiger partial charge in [0, 0.05) is 18.2 Å². The lowest BCUT2D eigenvalue weighted by Gasteiger charge is -2.28. The lowest BCUT2D eigenvalue weighted by molar-refractivity contribution is -0.118. The molecule has 2 N–H and O–H groups in total. The van der Waals surface area contributed by atoms with E-state index in [-0.39, 0.29) is 18.1 Å². The minimum atomic E-state index is -0.345. The number of benzene rings is 1. The van der Waals surface area contributed by atoms with Crippen molar-refractivity contribution in [1.82, 2.24) is 5.32 Å². The molecular formula is C17H25NO2. The zero-order chi connectivity index (χ0) is 15.0. The van der Waals surface area contributed by atoms with Gasteiger partial charge in [-0.2, -0.15) is 0 Å². The van der Waals surface area contributed by atoms with Crippen LogP contribution in [0.1, 0.15) is 44.7 Å². The van der Waals surface area contributed by atoms with Crippen molar-refractivity contribution >= 4 is 12.0 Å². The van der Waals surface area contributed by atoms with Crippen LogP contribution < -0.4 is 5.32 Å². The minimum absolute atomic E-state index is 0.0762. The average Bonchev–Trinajstić information content (AvgIpc) is 2.46. The van der Waals surface area contributed by atoms with E-state index in [4.69, 9.17) is 5.11 Å². The van der Waals surface area contributed by atoms with Crippen molar-refractivity contribution in [1.29, 1.82) is 0 Å². The minimum Gasteiger partial charge on any atom is -0.396 e. The molecule has 0 fully saturated rings. The highest BCUT2D eigenvalue weighted by Gasteiger charge is 2.22. The Kier molecular flexibility index (Phi) is 6.46. The molecule has 0 radical (unpaired) electrons. The Labute approximate surface area is 121 Å². The monoisotopic (exact) mass is 275 g/mol. The molecule has 3 nitrogen and oxygen atoms in total. The molecule has 1 rings (SSSR count). The van der Waals surface area contributed by atoms with E-state index in [0.717, 1.165) is 18.4 Å². The van der Waals surface area contributed by atoms with Gasteiger partial charge in [0.2, 0.25) is 5.91 Å². The van der Waals surface area contributed by atoms with Crippen LogP contribution in [0.5, 0.6) is 0 Å². The number of aliphatic hydroxyl groups excluding tert-OH is 1. The van der Waals surface area contributed by atoms with E-state index in [2.05, 4.69) is 24.4 Å². The Morgan fingerprint density at radius 3 is 2.45 bits per heavy atom. The van der Waals surface area contributed by atoms with E-state index in [1.165, 1.54) is 5.56 Å². The standard InChI is InChI=1S/C17H25NO2/c1-4-14-6-8-15(9-7-14)10-11-16(20)18-17(3,5-2)12-13-19/h6-11,19H,4-5,12-13H2,1-3H3,(H,18,20)/b11-10+. The first-order valence-electron chi connectivity index (χ1n) is 7.23. The van der Waals surface area contributed by atoms with Gasteiger partial charge >= 0.3 is 0 Å². The first-order chi connectivity index (χ1) is 9.53. The summed E-state index contributed by atoms with van der Waals surface area (Å²) >= 11 is 0. The van der Waals surface area contributed by atoms with Gasteiger partial charge in [-0.3, -0.25) is 4.79 Å². The molecule has 20 heavy (non-hydrogen) atoms. The molecule has 3 heteroatoms. The summed E-state index contributed by atoms with van der Waals surface area (Å²) in [5.74, 6) is -0.123. The lowest BCUT2D eigenvalue weighted by atomic mass is 9.95. The van der Waals surface area contributed by atoms with Gasteiger partial charge in [0.25, 0.3) is 0 Å². The zero-order valence-electron chi connectivity index (χ0n) is 12.6. The molecule has 0 saturated carbocycles. The first kappa shape index (κ1) is 16.4. The van der Waals surface area contributed by atoms with Gasteiger partial charge in [0.15, 0.2) is 0 Å². The number of aryl methyl sites for hydroxylation is 1. The van der Waals surface area contributed by atoms with Crippen molar-refractivity contribution in [3.05, 3.63) is 41.5 Å². The van der Waals surface area contributed by atoms with Crippen molar-refractivity contribution in [3.63, 3.8) is 0 Å². The van der Waals surface area contributed by atoms with E-state index in [1.54, 1.807) is 6.08 Å². The van der Waals surface area contributed by atoms with Gasteiger partial charge in [-0.25, -0.2) is 0 Å². The van der Waals surface area contributed by atoms with Crippen LogP contribution in [0, 0.1) is 0 Å². The smallest absolute Gasteiger partial charge is 0.244 e. The summed E-state index contributed by atoms with van der Waals surface area (Å²) in [6.07, 6.45) is 5.73. The fraction of sp³-hybridized carbons (Fsp3) is 0.471. The highest BCUT2D eigenvalue weighted by molar-refractivity contribution is 5.92. The number of aliphatic hydroxyl groups is 1. The van der Waals surface area contributed by atoms with Crippen molar-refractivity contribution < 1.29 is 9.90 Å². The van der Waals surface area contributed by atoms with Gasteiger partial charge in [-0.1, -0.05) is 38.1 Å². The Morgan fingerprint density at radius 2 is 1.95 bits per heavy atom. The van der Waals surface area contributed by atoms with Crippen molar-refractivity contribution in [2.24, 2.45) is 0 Å². The number of rotatable bonds is 7. The van der Waals surface area contributed by atoms with E-state index in [0.29, 0.717) is 6.42 Å². The SMILES string of the molecule is CCc1ccc(/C=C/C(=O)NC(C)(CC)CCO)cc1. The summed E-state index contributed by atoms with van der Waals surface area (Å²) in [7, 11) is 0. The molecule has 0 aromatic heterocycles. The van der Waals surface area contributed by atoms with E-state index >= 15 is 0 Å². The molecule has 0 heterocycles. The quantitative estimate of drug-likeness (QED) is 0.752. The third-order valence-electron chi connectivity index (χ3n) is 3.68. The Hall–Kier alpha value is -1.61. The van der Waals surface area contributed by atoms with Gasteiger partial charge in [0.05, 0.1) is 0 Å². The Bertz CT molecular complexity index is 451. The number of carbonyl (C=O) groups excluding carboxylic acids is 1. The van der Waals surface area contributed by atoms with Crippen molar-refractivity contribution in [2.45, 2.75) is 45.6 Å². The highest BCUT2D eigenvalue weighted by atomic mass is 16.3. The highest BCUT2D eigenvalue weighted by Crippen LogP contribution is 2.14. The second-order valence-corrected chi connectivity index (χ2v) is 5.31. The normalized spacial score (nSPS) is 14.2. The van der Waals surface area contributed by atoms with Crippen LogP contribution in [-0.2, 0) is 11.2 Å². The number of hydrogen-bond donors (Lipinski definition) is 2. The topological polar surface area (TPSA) is 49.3 Å². The Balaban J connectivity index is 2.62. The van der Waals surface area contributed by atoms with Crippen LogP contribution in [0.4, 0.5) is 0 Å². The second-order valence-electron chi connectivity index (χ2n) is 5.31. The van der Waals surface area contributed by atoms with Crippen LogP contribution in [0.25, 0.3) is 6.08 Å². The van der Waals surface area contributed by atoms with Crippen molar-refractivity contribution in [3.8, 4) is 0 Å². The fourth-order valence-electron chi connectivity index (χ4n) is 1.95. The maximum absolute atomic E-state index is 11.9. The summed E-state index contributed by atoms with van der Waals surface area (Å²) in [5, 5.41) is 12.0. The fourth-order valence-corrected chi connectivity index (χ4v) is 1.95. The summed E-state index contributed by atoms with van der Waals surface area (Å²) in [5.41, 5.74) is 1.95. The molecule has 0 aliphatic carbocycles. The molecule has 1 atom stereocenters. The third-order valence-corrected chi connectivity index (χ3v) is 3.68. The first-order valence-corrected chi connectivity index (χ1v) is 7.23. The van der Waals surface area contributed by atoms with E-state index < -0.39 is 0 Å². The summed E-state index contributed by atoms with van der Waals surface area (Å²) in [6, 6.07) is 8.16. The predicted molar refractivity (Wildman–Crippen MR) is 83.4 cm³/mol. The van der Waals surface area contributed by atoms with Crippen molar-refractivity contribution in [2.75, 3.05) is 6.61 Å². The zero-order valence-corrected chi connectivity index (χ0v) is 12.6. The van der Waals surface area contributed by atoms with Crippen LogP contribution >= 0.6 is 0 Å². The molecule has 0 aliphatic heterocycles. The molecule has 1 aromatic carbocycles. The molecule has 0 saturated heterocycles. The number of carbonyl (C=O) groups is 1. The molecule has 110 valence electrons. The molecule has 1 aromatic rings. The van der Waals surface area contributed by atoms with Crippen LogP contribution in [0.3, 0.4) is 0 Å². The van der Waals surface area contributed by atoms with Gasteiger partial charge in [0.1, 0.15) is 0 Å². The molecule has 1 unspecified atom stereocenters. The molecule has 0 bridgehead atoms. The van der Waals surface area contributed by atoms with Crippen LogP contribution in [0.15, 0.2) is 30.3 Å². The van der Waals surface area contributed by atoms with Crippen LogP contribution in [-0.4, -0.2) is 23.2 Å². The van der Waals surface area contributed by atoms with Gasteiger partial charge in [-0.05, 0) is 43.4 Å². The molecule has 0 spiro atoms. The van der Waals surface area contributed by atoms with E-state index in [1.807, 2.05) is 32.1 Å². The molecule has 0 aliphatic rings. The third kappa shape index (κ3) is 5.17. The number of hydrogen-bond acceptors (Lipinski definition) is 2. The Morgan fingerprint density at radius 1 is 1.30 bits per heavy atom. The lowest BCUT2D eigenvalue weighted by Crippen LogP contribution is -2.45. The summed E-state index contributed by atoms with van der Waals surface area (Å²) in [4.78, 5) is 11.9. The summed E-state index contributed by atoms with van der Waals surface area (Å²) in [6.45, 7) is 6.14. The maximum atomic E-state index is 11.9. The maximum Gasteiger partial charge on any atom is 0.244 e. The summed E-state index contributed by atoms with van der Waals surface area (Å²) < 4.78 is 0.